The van der Waals surface area contributed by atoms with E-state index in [0.29, 0.717) is 17.1 Å². The van der Waals surface area contributed by atoms with Crippen LogP contribution in [0.5, 0.6) is 0 Å². The molecule has 1 aliphatic heterocycles. The minimum Gasteiger partial charge on any atom is -0.393 e. The van der Waals surface area contributed by atoms with Gasteiger partial charge < -0.3 is 26.0 Å². The topological polar surface area (TPSA) is 107 Å². The van der Waals surface area contributed by atoms with Crippen LogP contribution in [0.25, 0.3) is 16.6 Å². The van der Waals surface area contributed by atoms with Gasteiger partial charge in [-0.3, -0.25) is 4.79 Å². The lowest BCUT2D eigenvalue weighted by Crippen LogP contribution is -2.35. The first-order chi connectivity index (χ1) is 19.6. The number of carbonyl (C=O) groups excluding carboxylic acids is 1. The van der Waals surface area contributed by atoms with Crippen LogP contribution in [-0.4, -0.2) is 52.0 Å². The summed E-state index contributed by atoms with van der Waals surface area (Å²) in [5, 5.41) is 24.7. The third kappa shape index (κ3) is 5.45. The second-order valence-electron chi connectivity index (χ2n) is 9.90. The number of aliphatic hydroxyl groups excluding tert-OH is 1. The molecule has 9 heteroatoms. The molecule has 2 aromatic heterocycles. The molecule has 0 aliphatic carbocycles. The number of nitrogens with zero attached hydrogens (tertiary/aromatic N) is 4. The lowest BCUT2D eigenvalue weighted by Gasteiger charge is -2.31. The van der Waals surface area contributed by atoms with Crippen molar-refractivity contribution in [2.75, 3.05) is 41.0 Å². The standard InChI is InChI=1S/C31H31N7O2/c1-32-30-19-21(12-15-33-30)31(40)36-24-4-9-27(10-5-24)38-29-11-6-25(18-22(29)20-34-38)35-23-2-7-26(8-3-23)37-16-13-28(39)14-17-37/h2-12,15,18-20,28,35,39H,13-14,16-17H2,1H3,(H,32,33)(H,36,40). The number of amides is 1. The lowest BCUT2D eigenvalue weighted by molar-refractivity contribution is 0.102. The molecule has 0 atom stereocenters. The van der Waals surface area contributed by atoms with Gasteiger partial charge in [-0.15, -0.1) is 0 Å². The van der Waals surface area contributed by atoms with Crippen LogP contribution in [-0.2, 0) is 0 Å². The molecule has 5 aromatic rings. The largest absolute Gasteiger partial charge is 0.393 e. The molecule has 0 unspecified atom stereocenters. The van der Waals surface area contributed by atoms with E-state index in [1.807, 2.05) is 41.2 Å². The molecule has 202 valence electrons. The average Bonchev–Trinajstić information content (AvgIpc) is 3.42. The van der Waals surface area contributed by atoms with E-state index >= 15 is 0 Å². The second kappa shape index (κ2) is 11.1. The van der Waals surface area contributed by atoms with E-state index in [1.165, 1.54) is 5.69 Å². The zero-order valence-electron chi connectivity index (χ0n) is 22.2. The number of piperidine rings is 1. The van der Waals surface area contributed by atoms with Gasteiger partial charge >= 0.3 is 0 Å². The summed E-state index contributed by atoms with van der Waals surface area (Å²) in [7, 11) is 1.77. The van der Waals surface area contributed by atoms with E-state index in [0.717, 1.165) is 53.9 Å². The Kier molecular flexibility index (Phi) is 7.03. The zero-order chi connectivity index (χ0) is 27.5. The third-order valence-corrected chi connectivity index (χ3v) is 7.20. The molecule has 40 heavy (non-hydrogen) atoms. The second-order valence-corrected chi connectivity index (χ2v) is 9.90. The van der Waals surface area contributed by atoms with Crippen molar-refractivity contribution in [2.45, 2.75) is 18.9 Å². The van der Waals surface area contributed by atoms with Crippen molar-refractivity contribution in [1.82, 2.24) is 14.8 Å². The number of aliphatic hydroxyl groups is 1. The Bertz CT molecular complexity index is 1620. The SMILES string of the molecule is CNc1cc(C(=O)Nc2ccc(-n3ncc4cc(Nc5ccc(N6CCC(O)CC6)cc5)ccc43)cc2)ccn1. The minimum atomic E-state index is -0.197. The smallest absolute Gasteiger partial charge is 0.255 e. The molecule has 1 amide bonds. The van der Waals surface area contributed by atoms with Crippen LogP contribution in [0.1, 0.15) is 23.2 Å². The summed E-state index contributed by atoms with van der Waals surface area (Å²) in [6.07, 6.45) is 4.92. The zero-order valence-corrected chi connectivity index (χ0v) is 22.2. The summed E-state index contributed by atoms with van der Waals surface area (Å²) in [4.78, 5) is 19.1. The van der Waals surface area contributed by atoms with Crippen molar-refractivity contribution in [3.8, 4) is 5.69 Å². The first-order valence-corrected chi connectivity index (χ1v) is 13.4. The fourth-order valence-corrected chi connectivity index (χ4v) is 4.96. The highest BCUT2D eigenvalue weighted by Gasteiger charge is 2.17. The van der Waals surface area contributed by atoms with Gasteiger partial charge in [-0.2, -0.15) is 5.10 Å². The van der Waals surface area contributed by atoms with Crippen LogP contribution in [0.2, 0.25) is 0 Å². The van der Waals surface area contributed by atoms with E-state index in [-0.39, 0.29) is 12.0 Å². The molecule has 1 aliphatic rings. The summed E-state index contributed by atoms with van der Waals surface area (Å²) < 4.78 is 1.89. The molecule has 6 rings (SSSR count). The number of fused-ring (bicyclic) bond motifs is 1. The van der Waals surface area contributed by atoms with Gasteiger partial charge in [0.05, 0.1) is 23.5 Å². The molecule has 9 nitrogen and oxygen atoms in total. The van der Waals surface area contributed by atoms with E-state index in [2.05, 4.69) is 67.3 Å². The third-order valence-electron chi connectivity index (χ3n) is 7.20. The first-order valence-electron chi connectivity index (χ1n) is 13.4. The van der Waals surface area contributed by atoms with Gasteiger partial charge in [0.25, 0.3) is 5.91 Å². The predicted molar refractivity (Wildman–Crippen MR) is 160 cm³/mol. The Balaban J connectivity index is 1.12. The monoisotopic (exact) mass is 533 g/mol. The molecule has 0 saturated carbocycles. The molecular formula is C31H31N7O2. The molecule has 3 heterocycles. The minimum absolute atomic E-state index is 0.172. The Morgan fingerprint density at radius 1 is 0.875 bits per heavy atom. The van der Waals surface area contributed by atoms with Crippen molar-refractivity contribution < 1.29 is 9.90 Å². The average molecular weight is 534 g/mol. The summed E-state index contributed by atoms with van der Waals surface area (Å²) >= 11 is 0. The van der Waals surface area contributed by atoms with Crippen molar-refractivity contribution in [3.05, 3.63) is 96.8 Å². The number of aromatic nitrogens is 3. The lowest BCUT2D eigenvalue weighted by atomic mass is 10.1. The van der Waals surface area contributed by atoms with Crippen molar-refractivity contribution in [3.63, 3.8) is 0 Å². The molecule has 0 bridgehead atoms. The quantitative estimate of drug-likeness (QED) is 0.221. The maximum absolute atomic E-state index is 12.6. The first kappa shape index (κ1) is 25.4. The van der Waals surface area contributed by atoms with Gasteiger partial charge in [0.15, 0.2) is 0 Å². The van der Waals surface area contributed by atoms with Crippen LogP contribution in [0.4, 0.5) is 28.6 Å². The van der Waals surface area contributed by atoms with E-state index < -0.39 is 0 Å². The van der Waals surface area contributed by atoms with E-state index in [1.54, 1.807) is 25.4 Å². The van der Waals surface area contributed by atoms with Gasteiger partial charge in [0, 0.05) is 60.0 Å². The van der Waals surface area contributed by atoms with Crippen LogP contribution >= 0.6 is 0 Å². The van der Waals surface area contributed by atoms with Crippen LogP contribution < -0.4 is 20.9 Å². The Hall–Kier alpha value is -4.89. The number of benzene rings is 3. The Morgan fingerprint density at radius 2 is 1.57 bits per heavy atom. The van der Waals surface area contributed by atoms with Crippen LogP contribution in [0.3, 0.4) is 0 Å². The molecule has 0 radical (unpaired) electrons. The van der Waals surface area contributed by atoms with Gasteiger partial charge in [0.1, 0.15) is 5.82 Å². The summed E-state index contributed by atoms with van der Waals surface area (Å²) in [6.45, 7) is 1.77. The molecule has 1 saturated heterocycles. The number of hydrogen-bond donors (Lipinski definition) is 4. The summed E-state index contributed by atoms with van der Waals surface area (Å²) in [6, 6.07) is 25.6. The number of rotatable bonds is 7. The van der Waals surface area contributed by atoms with Crippen molar-refractivity contribution in [2.24, 2.45) is 0 Å². The van der Waals surface area contributed by atoms with E-state index in [9.17, 15) is 9.90 Å². The fraction of sp³-hybridized carbons (Fsp3) is 0.194. The molecule has 1 fully saturated rings. The number of carbonyl (C=O) groups is 1. The van der Waals surface area contributed by atoms with Crippen LogP contribution in [0.15, 0.2) is 91.3 Å². The van der Waals surface area contributed by atoms with Crippen molar-refractivity contribution >= 4 is 45.4 Å². The normalized spacial score (nSPS) is 13.8. The van der Waals surface area contributed by atoms with Gasteiger partial charge in [-0.25, -0.2) is 9.67 Å². The number of pyridine rings is 1. The summed E-state index contributed by atoms with van der Waals surface area (Å²) in [5.74, 6) is 0.442. The highest BCUT2D eigenvalue weighted by atomic mass is 16.3. The molecule has 3 aromatic carbocycles. The van der Waals surface area contributed by atoms with Crippen molar-refractivity contribution in [1.29, 1.82) is 0 Å². The van der Waals surface area contributed by atoms with Crippen LogP contribution in [0, 0.1) is 0 Å². The molecule has 4 N–H and O–H groups in total. The number of hydrogen-bond acceptors (Lipinski definition) is 7. The number of nitrogens with one attached hydrogen (secondary N) is 3. The highest BCUT2D eigenvalue weighted by molar-refractivity contribution is 6.04. The number of anilines is 5. The summed E-state index contributed by atoms with van der Waals surface area (Å²) in [5.41, 5.74) is 6.29. The molecular weight excluding hydrogens is 502 g/mol. The van der Waals surface area contributed by atoms with Gasteiger partial charge in [0.2, 0.25) is 0 Å². The molecule has 0 spiro atoms. The van der Waals surface area contributed by atoms with Gasteiger partial charge in [-0.1, -0.05) is 0 Å². The Morgan fingerprint density at radius 3 is 2.33 bits per heavy atom. The Labute approximate surface area is 232 Å². The highest BCUT2D eigenvalue weighted by Crippen LogP contribution is 2.27. The van der Waals surface area contributed by atoms with E-state index in [4.69, 9.17) is 0 Å². The maximum Gasteiger partial charge on any atom is 0.255 e. The predicted octanol–water partition coefficient (Wildman–Crippen LogP) is 5.42. The maximum atomic E-state index is 12.6. The van der Waals surface area contributed by atoms with Gasteiger partial charge in [-0.05, 0) is 91.7 Å². The fourth-order valence-electron chi connectivity index (χ4n) is 4.96.